The van der Waals surface area contributed by atoms with Crippen LogP contribution in [0.4, 0.5) is 13.2 Å². The van der Waals surface area contributed by atoms with E-state index < -0.39 is 34.4 Å². The number of aryl methyl sites for hydroxylation is 1. The van der Waals surface area contributed by atoms with Gasteiger partial charge < -0.3 is 18.8 Å². The third kappa shape index (κ3) is 6.84. The van der Waals surface area contributed by atoms with Crippen molar-refractivity contribution in [2.75, 3.05) is 32.2 Å². The van der Waals surface area contributed by atoms with Gasteiger partial charge in [0.15, 0.2) is 28.0 Å². The second-order valence-corrected chi connectivity index (χ2v) is 10.6. The van der Waals surface area contributed by atoms with Crippen LogP contribution in [-0.4, -0.2) is 76.5 Å². The van der Waals surface area contributed by atoms with Gasteiger partial charge in [-0.05, 0) is 13.0 Å². The van der Waals surface area contributed by atoms with E-state index in [4.69, 9.17) is 25.8 Å². The number of halogens is 4. The Balaban J connectivity index is 1.64. The highest BCUT2D eigenvalue weighted by Gasteiger charge is 2.34. The minimum absolute atomic E-state index is 0.0475. The molecule has 0 spiro atoms. The summed E-state index contributed by atoms with van der Waals surface area (Å²) in [6.07, 6.45) is -0.498. The van der Waals surface area contributed by atoms with Gasteiger partial charge in [0.2, 0.25) is 0 Å². The number of ether oxygens (including phenoxy) is 3. The van der Waals surface area contributed by atoms with Crippen molar-refractivity contribution in [2.24, 2.45) is 0 Å². The molecule has 0 amide bonds. The summed E-state index contributed by atoms with van der Waals surface area (Å²) in [7, 11) is -3.69. The quantitative estimate of drug-likeness (QED) is 0.363. The lowest BCUT2D eigenvalue weighted by Gasteiger charge is -2.19. The summed E-state index contributed by atoms with van der Waals surface area (Å²) in [5, 5.41) is 8.58. The first-order chi connectivity index (χ1) is 17.6. The molecule has 1 aliphatic rings. The zero-order valence-corrected chi connectivity index (χ0v) is 21.1. The molecule has 0 fully saturated rings. The molecular formula is C21H22ClF3N6O5S. The zero-order chi connectivity index (χ0) is 26.6. The van der Waals surface area contributed by atoms with Crippen LogP contribution in [0.2, 0.25) is 5.02 Å². The molecule has 200 valence electrons. The summed E-state index contributed by atoms with van der Waals surface area (Å²) in [6, 6.07) is 0.910. The first kappa shape index (κ1) is 27.0. The van der Waals surface area contributed by atoms with E-state index in [2.05, 4.69) is 25.1 Å². The maximum absolute atomic E-state index is 12.9. The number of hydrogen-bond donors (Lipinski definition) is 0. The number of aromatic nitrogens is 6. The van der Waals surface area contributed by atoms with E-state index >= 15 is 0 Å². The van der Waals surface area contributed by atoms with Gasteiger partial charge in [-0.15, -0.1) is 10.2 Å². The van der Waals surface area contributed by atoms with Crippen molar-refractivity contribution >= 4 is 21.4 Å². The number of alkyl halides is 3. The molecule has 16 heteroatoms. The van der Waals surface area contributed by atoms with Crippen LogP contribution in [0.5, 0.6) is 11.6 Å². The normalized spacial score (nSPS) is 15.4. The molecule has 0 aromatic carbocycles. The summed E-state index contributed by atoms with van der Waals surface area (Å²) in [5.41, 5.74) is 0.261. The van der Waals surface area contributed by atoms with Gasteiger partial charge in [-0.25, -0.2) is 23.4 Å². The lowest BCUT2D eigenvalue weighted by Crippen LogP contribution is -2.25. The predicted molar refractivity (Wildman–Crippen MR) is 124 cm³/mol. The molecule has 0 unspecified atom stereocenters. The van der Waals surface area contributed by atoms with Crippen LogP contribution in [0.15, 0.2) is 24.7 Å². The largest absolute Gasteiger partial charge is 0.485 e. The summed E-state index contributed by atoms with van der Waals surface area (Å²) in [5.74, 6) is -0.464. The van der Waals surface area contributed by atoms with Gasteiger partial charge in [0, 0.05) is 31.6 Å². The van der Waals surface area contributed by atoms with Crippen molar-refractivity contribution in [3.8, 4) is 23.0 Å². The molecule has 0 radical (unpaired) electrons. The Morgan fingerprint density at radius 2 is 1.97 bits per heavy atom. The highest BCUT2D eigenvalue weighted by molar-refractivity contribution is 7.90. The van der Waals surface area contributed by atoms with Gasteiger partial charge in [-0.2, -0.15) is 13.2 Å². The predicted octanol–water partition coefficient (Wildman–Crippen LogP) is 2.85. The Hall–Kier alpha value is -3.04. The molecule has 37 heavy (non-hydrogen) atoms. The SMILES string of the molecule is CCOC[C@@H]1COc2c(ccnc2OCC(F)(F)F)-c2nnc(CS(=O)(=O)CCc3ncc(Cl)cn3)n21. The molecular weight excluding hydrogens is 541 g/mol. The molecule has 0 aliphatic carbocycles. The molecule has 0 N–H and O–H groups in total. The zero-order valence-electron chi connectivity index (χ0n) is 19.5. The number of fused-ring (bicyclic) bond motifs is 3. The van der Waals surface area contributed by atoms with E-state index in [9.17, 15) is 21.6 Å². The molecule has 3 aromatic heterocycles. The van der Waals surface area contributed by atoms with Gasteiger partial charge >= 0.3 is 6.18 Å². The van der Waals surface area contributed by atoms with Crippen molar-refractivity contribution in [2.45, 2.75) is 31.3 Å². The summed E-state index contributed by atoms with van der Waals surface area (Å²) in [6.45, 7) is 0.647. The Bertz CT molecular complexity index is 1340. The van der Waals surface area contributed by atoms with Crippen LogP contribution in [0.25, 0.3) is 11.4 Å². The van der Waals surface area contributed by atoms with Crippen LogP contribution in [-0.2, 0) is 26.7 Å². The third-order valence-corrected chi connectivity index (χ3v) is 6.93. The average Bonchev–Trinajstić information content (AvgIpc) is 3.16. The maximum atomic E-state index is 12.9. The molecule has 0 bridgehead atoms. The van der Waals surface area contributed by atoms with Gasteiger partial charge in [-0.1, -0.05) is 11.6 Å². The van der Waals surface area contributed by atoms with E-state index in [1.807, 2.05) is 0 Å². The molecule has 1 aliphatic heterocycles. The lowest BCUT2D eigenvalue weighted by atomic mass is 10.2. The fraction of sp³-hybridized carbons (Fsp3) is 0.476. The molecule has 0 saturated carbocycles. The van der Waals surface area contributed by atoms with Crippen molar-refractivity contribution < 1.29 is 35.8 Å². The molecule has 0 saturated heterocycles. The summed E-state index contributed by atoms with van der Waals surface area (Å²) < 4.78 is 81.9. The lowest BCUT2D eigenvalue weighted by molar-refractivity contribution is -0.154. The van der Waals surface area contributed by atoms with Crippen molar-refractivity contribution in [1.29, 1.82) is 0 Å². The molecule has 4 rings (SSSR count). The van der Waals surface area contributed by atoms with Crippen molar-refractivity contribution in [1.82, 2.24) is 29.7 Å². The van der Waals surface area contributed by atoms with Crippen LogP contribution in [0, 0.1) is 0 Å². The second kappa shape index (κ2) is 11.1. The van der Waals surface area contributed by atoms with E-state index in [0.717, 1.165) is 0 Å². The Morgan fingerprint density at radius 3 is 2.68 bits per heavy atom. The molecule has 4 heterocycles. The van der Waals surface area contributed by atoms with Gasteiger partial charge in [0.05, 0.1) is 29.0 Å². The number of pyridine rings is 1. The Morgan fingerprint density at radius 1 is 1.22 bits per heavy atom. The van der Waals surface area contributed by atoms with E-state index in [0.29, 0.717) is 17.5 Å². The van der Waals surface area contributed by atoms with Crippen LogP contribution in [0.3, 0.4) is 0 Å². The average molecular weight is 563 g/mol. The number of rotatable bonds is 10. The minimum Gasteiger partial charge on any atom is -0.485 e. The molecule has 3 aromatic rings. The smallest absolute Gasteiger partial charge is 0.422 e. The minimum atomic E-state index is -4.58. The van der Waals surface area contributed by atoms with Crippen LogP contribution < -0.4 is 9.47 Å². The highest BCUT2D eigenvalue weighted by Crippen LogP contribution is 2.40. The first-order valence-electron chi connectivity index (χ1n) is 11.1. The van der Waals surface area contributed by atoms with Crippen LogP contribution in [0.1, 0.15) is 24.6 Å². The Kier molecular flexibility index (Phi) is 8.14. The number of nitrogens with zero attached hydrogens (tertiary/aromatic N) is 6. The van der Waals surface area contributed by atoms with Crippen molar-refractivity contribution in [3.05, 3.63) is 41.3 Å². The van der Waals surface area contributed by atoms with Gasteiger partial charge in [-0.3, -0.25) is 0 Å². The summed E-state index contributed by atoms with van der Waals surface area (Å²) >= 11 is 5.77. The second-order valence-electron chi connectivity index (χ2n) is 7.99. The van der Waals surface area contributed by atoms with Gasteiger partial charge in [0.25, 0.3) is 5.88 Å². The van der Waals surface area contributed by atoms with E-state index in [1.165, 1.54) is 24.7 Å². The van der Waals surface area contributed by atoms with Gasteiger partial charge in [0.1, 0.15) is 24.0 Å². The third-order valence-electron chi connectivity index (χ3n) is 5.21. The molecule has 11 nitrogen and oxygen atoms in total. The Labute approximate surface area is 214 Å². The van der Waals surface area contributed by atoms with E-state index in [-0.39, 0.29) is 54.2 Å². The maximum Gasteiger partial charge on any atom is 0.422 e. The number of sulfone groups is 1. The molecule has 1 atom stereocenters. The summed E-state index contributed by atoms with van der Waals surface area (Å²) in [4.78, 5) is 11.9. The highest BCUT2D eigenvalue weighted by atomic mass is 35.5. The fourth-order valence-electron chi connectivity index (χ4n) is 3.60. The number of hydrogen-bond acceptors (Lipinski definition) is 10. The monoisotopic (exact) mass is 562 g/mol. The van der Waals surface area contributed by atoms with E-state index in [1.54, 1.807) is 11.5 Å². The topological polar surface area (TPSA) is 131 Å². The standard InChI is InChI=1S/C21H22ClF3N6O5S/c1-2-34-9-14-10-35-18-15(3-5-26-20(18)36-12-21(23,24)25)19-30-29-17(31(14)19)11-37(32,33)6-4-16-27-7-13(22)8-28-16/h3,5,7-8,14H,2,4,6,9-12H2,1H3/t14-/m1/s1. The fourth-order valence-corrected chi connectivity index (χ4v) is 4.93. The van der Waals surface area contributed by atoms with Crippen LogP contribution >= 0.6 is 11.6 Å². The first-order valence-corrected chi connectivity index (χ1v) is 13.3. The van der Waals surface area contributed by atoms with Crippen molar-refractivity contribution in [3.63, 3.8) is 0 Å².